The summed E-state index contributed by atoms with van der Waals surface area (Å²) in [6.45, 7) is 6.34. The molecule has 2 aromatic rings. The van der Waals surface area contributed by atoms with Gasteiger partial charge in [0.05, 0.1) is 11.6 Å². The molecule has 0 spiro atoms. The predicted molar refractivity (Wildman–Crippen MR) is 104 cm³/mol. The van der Waals surface area contributed by atoms with E-state index in [-0.39, 0.29) is 23.9 Å². The van der Waals surface area contributed by atoms with Crippen LogP contribution in [0.2, 0.25) is 0 Å². The van der Waals surface area contributed by atoms with Crippen molar-refractivity contribution in [1.29, 1.82) is 0 Å². The molecule has 1 aliphatic heterocycles. The summed E-state index contributed by atoms with van der Waals surface area (Å²) in [4.78, 5) is 24.5. The Hall–Kier alpha value is -2.87. The van der Waals surface area contributed by atoms with E-state index in [2.05, 4.69) is 26.4 Å². The lowest BCUT2D eigenvalue weighted by Crippen LogP contribution is -2.57. The van der Waals surface area contributed by atoms with Gasteiger partial charge in [-0.2, -0.15) is 5.10 Å². The minimum atomic E-state index is -0.537. The van der Waals surface area contributed by atoms with Crippen molar-refractivity contribution in [2.75, 3.05) is 11.9 Å². The fraction of sp³-hybridized carbons (Fsp3) is 0.421. The Morgan fingerprint density at radius 3 is 2.63 bits per heavy atom. The number of nitrogens with zero attached hydrogens (tertiary/aromatic N) is 2. The zero-order chi connectivity index (χ0) is 19.4. The first-order valence-electron chi connectivity index (χ1n) is 9.29. The quantitative estimate of drug-likeness (QED) is 0.649. The Bertz CT molecular complexity index is 804. The Labute approximate surface area is 158 Å². The van der Waals surface area contributed by atoms with Gasteiger partial charge in [0.15, 0.2) is 6.29 Å². The molecule has 1 aromatic heterocycles. The van der Waals surface area contributed by atoms with Crippen molar-refractivity contribution in [3.05, 3.63) is 36.4 Å². The van der Waals surface area contributed by atoms with Crippen LogP contribution in [0.25, 0.3) is 11.3 Å². The minimum absolute atomic E-state index is 0.00422. The van der Waals surface area contributed by atoms with Crippen LogP contribution < -0.4 is 21.3 Å². The zero-order valence-corrected chi connectivity index (χ0v) is 15.8. The molecule has 0 aliphatic carbocycles. The van der Waals surface area contributed by atoms with E-state index in [1.807, 2.05) is 51.1 Å². The second kappa shape index (κ2) is 8.22. The maximum absolute atomic E-state index is 12.4. The number of benzene rings is 1. The predicted octanol–water partition coefficient (Wildman–Crippen LogP) is 2.28. The molecule has 0 saturated carbocycles. The van der Waals surface area contributed by atoms with Crippen LogP contribution >= 0.6 is 0 Å². The number of carbonyl (C=O) groups excluding carboxylic acids is 2. The highest BCUT2D eigenvalue weighted by Crippen LogP contribution is 2.25. The third kappa shape index (κ3) is 4.11. The van der Waals surface area contributed by atoms with E-state index in [4.69, 9.17) is 0 Å². The monoisotopic (exact) mass is 370 g/mol. The molecule has 8 heteroatoms. The number of amides is 3. The highest BCUT2D eigenvalue weighted by Gasteiger charge is 2.34. The number of carbonyl (C=O) groups is 2. The summed E-state index contributed by atoms with van der Waals surface area (Å²) < 4.78 is 1.61. The molecular formula is C19H26N6O2. The van der Waals surface area contributed by atoms with Crippen LogP contribution in [0.4, 0.5) is 10.6 Å². The Morgan fingerprint density at radius 1 is 1.26 bits per heavy atom. The van der Waals surface area contributed by atoms with Crippen LogP contribution in [0.15, 0.2) is 36.4 Å². The fourth-order valence-electron chi connectivity index (χ4n) is 3.30. The molecule has 3 rings (SSSR count). The molecule has 1 aromatic carbocycles. The van der Waals surface area contributed by atoms with Gasteiger partial charge >= 0.3 is 6.03 Å². The van der Waals surface area contributed by atoms with Crippen molar-refractivity contribution >= 4 is 17.8 Å². The summed E-state index contributed by atoms with van der Waals surface area (Å²) in [6, 6.07) is 11.2. The average molecular weight is 370 g/mol. The van der Waals surface area contributed by atoms with Gasteiger partial charge in [0.2, 0.25) is 5.91 Å². The van der Waals surface area contributed by atoms with Gasteiger partial charge in [-0.15, -0.1) is 0 Å². The van der Waals surface area contributed by atoms with Crippen LogP contribution in [-0.2, 0) is 4.79 Å². The van der Waals surface area contributed by atoms with E-state index < -0.39 is 6.29 Å². The van der Waals surface area contributed by atoms with Gasteiger partial charge in [0.25, 0.3) is 0 Å². The van der Waals surface area contributed by atoms with Crippen molar-refractivity contribution < 1.29 is 9.59 Å². The number of hydrogen-bond donors (Lipinski definition) is 4. The Morgan fingerprint density at radius 2 is 2.00 bits per heavy atom. The van der Waals surface area contributed by atoms with E-state index in [1.54, 1.807) is 10.7 Å². The second-order valence-corrected chi connectivity index (χ2v) is 6.59. The number of anilines is 1. The standard InChI is InChI=1S/C19H26N6O2/c1-4-14-12(3)21-18(23-17(14)26)25-16(22-19(27)20-5-2)11-15(24-25)13-9-7-6-8-10-13/h6-12,14,18,21H,4-5H2,1-3H3,(H,23,26)(H2,20,22,27). The van der Waals surface area contributed by atoms with Crippen molar-refractivity contribution in [3.63, 3.8) is 0 Å². The average Bonchev–Trinajstić information content (AvgIpc) is 3.06. The number of urea groups is 1. The molecule has 3 atom stereocenters. The second-order valence-electron chi connectivity index (χ2n) is 6.59. The Balaban J connectivity index is 1.93. The summed E-state index contributed by atoms with van der Waals surface area (Å²) in [5, 5.41) is 16.5. The molecule has 4 N–H and O–H groups in total. The SMILES string of the molecule is CCNC(=O)Nc1cc(-c2ccccc2)nn1C1NC(=O)C(CC)C(C)N1. The first-order valence-corrected chi connectivity index (χ1v) is 9.29. The highest BCUT2D eigenvalue weighted by atomic mass is 16.2. The maximum atomic E-state index is 12.4. The summed E-state index contributed by atoms with van der Waals surface area (Å²) in [6.07, 6.45) is 0.218. The molecule has 27 heavy (non-hydrogen) atoms. The lowest BCUT2D eigenvalue weighted by atomic mass is 9.95. The number of hydrogen-bond acceptors (Lipinski definition) is 4. The van der Waals surface area contributed by atoms with Gasteiger partial charge in [0, 0.05) is 24.2 Å². The summed E-state index contributed by atoms with van der Waals surface area (Å²) in [7, 11) is 0. The first-order chi connectivity index (χ1) is 13.0. The zero-order valence-electron chi connectivity index (χ0n) is 15.8. The summed E-state index contributed by atoms with van der Waals surface area (Å²) >= 11 is 0. The van der Waals surface area contributed by atoms with Gasteiger partial charge in [-0.3, -0.25) is 15.4 Å². The van der Waals surface area contributed by atoms with E-state index in [9.17, 15) is 9.59 Å². The van der Waals surface area contributed by atoms with Gasteiger partial charge in [0.1, 0.15) is 5.82 Å². The van der Waals surface area contributed by atoms with Crippen molar-refractivity contribution in [1.82, 2.24) is 25.7 Å². The normalized spacial score (nSPS) is 22.2. The summed E-state index contributed by atoms with van der Waals surface area (Å²) in [5.41, 5.74) is 1.64. The van der Waals surface area contributed by atoms with E-state index in [1.165, 1.54) is 0 Å². The number of aromatic nitrogens is 2. The number of rotatable bonds is 5. The largest absolute Gasteiger partial charge is 0.338 e. The number of nitrogens with one attached hydrogen (secondary N) is 4. The van der Waals surface area contributed by atoms with Crippen LogP contribution in [0.3, 0.4) is 0 Å². The van der Waals surface area contributed by atoms with Gasteiger partial charge in [-0.05, 0) is 20.3 Å². The Kier molecular flexibility index (Phi) is 5.75. The van der Waals surface area contributed by atoms with Crippen molar-refractivity contribution in [2.24, 2.45) is 5.92 Å². The first kappa shape index (κ1) is 18.9. The molecule has 0 bridgehead atoms. The fourth-order valence-corrected chi connectivity index (χ4v) is 3.30. The third-order valence-electron chi connectivity index (χ3n) is 4.71. The lowest BCUT2D eigenvalue weighted by Gasteiger charge is -2.35. The summed E-state index contributed by atoms with van der Waals surface area (Å²) in [5.74, 6) is 0.388. The smallest absolute Gasteiger partial charge is 0.320 e. The van der Waals surface area contributed by atoms with E-state index in [0.717, 1.165) is 12.0 Å². The van der Waals surface area contributed by atoms with Crippen LogP contribution in [0, 0.1) is 5.92 Å². The minimum Gasteiger partial charge on any atom is -0.338 e. The topological polar surface area (TPSA) is 100 Å². The highest BCUT2D eigenvalue weighted by molar-refractivity contribution is 5.89. The lowest BCUT2D eigenvalue weighted by molar-refractivity contribution is -0.130. The van der Waals surface area contributed by atoms with Crippen LogP contribution in [0.5, 0.6) is 0 Å². The van der Waals surface area contributed by atoms with Gasteiger partial charge < -0.3 is 10.6 Å². The van der Waals surface area contributed by atoms with E-state index in [0.29, 0.717) is 18.1 Å². The van der Waals surface area contributed by atoms with Crippen molar-refractivity contribution in [2.45, 2.75) is 39.5 Å². The molecule has 0 radical (unpaired) electrons. The molecule has 3 amide bonds. The van der Waals surface area contributed by atoms with Crippen molar-refractivity contribution in [3.8, 4) is 11.3 Å². The maximum Gasteiger partial charge on any atom is 0.320 e. The van der Waals surface area contributed by atoms with Gasteiger partial charge in [-0.25, -0.2) is 9.48 Å². The van der Waals surface area contributed by atoms with Gasteiger partial charge in [-0.1, -0.05) is 37.3 Å². The van der Waals surface area contributed by atoms with Crippen LogP contribution in [-0.4, -0.2) is 34.3 Å². The molecule has 3 unspecified atom stereocenters. The molecule has 144 valence electrons. The molecule has 2 heterocycles. The molecule has 1 aliphatic rings. The molecule has 1 fully saturated rings. The molecule has 1 saturated heterocycles. The van der Waals surface area contributed by atoms with E-state index >= 15 is 0 Å². The molecular weight excluding hydrogens is 344 g/mol. The molecule has 8 nitrogen and oxygen atoms in total. The van der Waals surface area contributed by atoms with Crippen LogP contribution in [0.1, 0.15) is 33.5 Å². The third-order valence-corrected chi connectivity index (χ3v) is 4.71.